The molecule has 1 fully saturated rings. The maximum absolute atomic E-state index is 9.41. The first-order valence-electron chi connectivity index (χ1n) is 3.41. The van der Waals surface area contributed by atoms with Gasteiger partial charge in [0.25, 0.3) is 0 Å². The van der Waals surface area contributed by atoms with E-state index in [0.717, 1.165) is 0 Å². The van der Waals surface area contributed by atoms with Gasteiger partial charge in [0.15, 0.2) is 0 Å². The molecule has 2 atom stereocenters. The molecule has 5 heteroatoms. The van der Waals surface area contributed by atoms with Crippen LogP contribution < -0.4 is 5.32 Å². The van der Waals surface area contributed by atoms with E-state index >= 15 is 0 Å². The van der Waals surface area contributed by atoms with Gasteiger partial charge in [-0.25, -0.2) is 0 Å². The molecule has 68 valence electrons. The number of aliphatic hydroxyl groups is 3. The number of aliphatic hydroxyl groups excluding tert-OH is 2. The summed E-state index contributed by atoms with van der Waals surface area (Å²) in [5.74, 6) is 0. The molecule has 0 unspecified atom stereocenters. The van der Waals surface area contributed by atoms with Crippen LogP contribution in [-0.4, -0.2) is 46.7 Å². The fraction of sp³-hybridized carbons (Fsp3) is 1.00. The van der Waals surface area contributed by atoms with E-state index in [2.05, 4.69) is 5.32 Å². The number of rotatable bonds is 1. The molecule has 1 aliphatic rings. The zero-order valence-corrected chi connectivity index (χ0v) is 6.97. The van der Waals surface area contributed by atoms with Crippen molar-refractivity contribution in [2.45, 2.75) is 18.1 Å². The molecule has 4 nitrogen and oxygen atoms in total. The van der Waals surface area contributed by atoms with Gasteiger partial charge in [-0.05, 0) is 13.0 Å². The van der Waals surface area contributed by atoms with Gasteiger partial charge in [0.05, 0.1) is 12.7 Å². The van der Waals surface area contributed by atoms with E-state index < -0.39 is 11.7 Å². The predicted molar refractivity (Wildman–Crippen MR) is 42.8 cm³/mol. The molecule has 0 bridgehead atoms. The fourth-order valence-electron chi connectivity index (χ4n) is 1.08. The van der Waals surface area contributed by atoms with Crippen LogP contribution in [-0.2, 0) is 0 Å². The van der Waals surface area contributed by atoms with Gasteiger partial charge >= 0.3 is 0 Å². The molecule has 0 aromatic rings. The molecule has 1 saturated heterocycles. The van der Waals surface area contributed by atoms with Gasteiger partial charge in [-0.15, -0.1) is 12.4 Å². The Balaban J connectivity index is 0.000001000. The topological polar surface area (TPSA) is 72.7 Å². The Labute approximate surface area is 71.6 Å². The van der Waals surface area contributed by atoms with Gasteiger partial charge in [-0.2, -0.15) is 0 Å². The lowest BCUT2D eigenvalue weighted by molar-refractivity contribution is -0.119. The van der Waals surface area contributed by atoms with Gasteiger partial charge in [-0.1, -0.05) is 0 Å². The Morgan fingerprint density at radius 1 is 1.55 bits per heavy atom. The van der Waals surface area contributed by atoms with Crippen LogP contribution in [0.2, 0.25) is 0 Å². The highest BCUT2D eigenvalue weighted by Crippen LogP contribution is 2.16. The van der Waals surface area contributed by atoms with E-state index in [1.807, 2.05) is 0 Å². The van der Waals surface area contributed by atoms with Crippen LogP contribution in [0, 0.1) is 0 Å². The number of nitrogens with one attached hydrogen (secondary N) is 1. The van der Waals surface area contributed by atoms with Crippen molar-refractivity contribution in [1.29, 1.82) is 0 Å². The van der Waals surface area contributed by atoms with Gasteiger partial charge < -0.3 is 20.6 Å². The summed E-state index contributed by atoms with van der Waals surface area (Å²) in [5, 5.41) is 30.2. The summed E-state index contributed by atoms with van der Waals surface area (Å²) in [4.78, 5) is 0. The van der Waals surface area contributed by atoms with Crippen LogP contribution in [0.4, 0.5) is 0 Å². The maximum Gasteiger partial charge on any atom is 0.116 e. The van der Waals surface area contributed by atoms with E-state index in [0.29, 0.717) is 19.5 Å². The van der Waals surface area contributed by atoms with Gasteiger partial charge in [0.1, 0.15) is 5.60 Å². The molecule has 0 spiro atoms. The quantitative estimate of drug-likeness (QED) is 0.399. The monoisotopic (exact) mass is 183 g/mol. The molecule has 4 N–H and O–H groups in total. The van der Waals surface area contributed by atoms with Crippen molar-refractivity contribution in [3.05, 3.63) is 0 Å². The van der Waals surface area contributed by atoms with E-state index in [9.17, 15) is 5.11 Å². The first-order chi connectivity index (χ1) is 4.69. The molecular formula is C6H14ClNO3. The smallest absolute Gasteiger partial charge is 0.116 e. The summed E-state index contributed by atoms with van der Waals surface area (Å²) in [6.07, 6.45) is -0.434. The molecule has 0 radical (unpaired) electrons. The van der Waals surface area contributed by atoms with Crippen molar-refractivity contribution in [1.82, 2.24) is 5.32 Å². The zero-order chi connectivity index (χ0) is 7.61. The van der Waals surface area contributed by atoms with E-state index in [1.54, 1.807) is 0 Å². The molecule has 1 heterocycles. The van der Waals surface area contributed by atoms with Gasteiger partial charge in [-0.3, -0.25) is 0 Å². The summed E-state index contributed by atoms with van der Waals surface area (Å²) in [7, 11) is 0. The van der Waals surface area contributed by atoms with Crippen LogP contribution in [0.3, 0.4) is 0 Å². The highest BCUT2D eigenvalue weighted by atomic mass is 35.5. The predicted octanol–water partition coefficient (Wildman–Crippen LogP) is -1.51. The average molecular weight is 184 g/mol. The Kier molecular flexibility index (Phi) is 4.28. The van der Waals surface area contributed by atoms with Crippen molar-refractivity contribution in [2.75, 3.05) is 19.7 Å². The minimum Gasteiger partial charge on any atom is -0.393 e. The van der Waals surface area contributed by atoms with Crippen LogP contribution in [0.5, 0.6) is 0 Å². The van der Waals surface area contributed by atoms with Crippen molar-refractivity contribution in [2.24, 2.45) is 0 Å². The zero-order valence-electron chi connectivity index (χ0n) is 6.16. The second-order valence-electron chi connectivity index (χ2n) is 2.73. The molecule has 1 aliphatic heterocycles. The average Bonchev–Trinajstić information content (AvgIpc) is 1.96. The van der Waals surface area contributed by atoms with Crippen LogP contribution in [0.1, 0.15) is 6.42 Å². The molecular weight excluding hydrogens is 170 g/mol. The molecule has 0 aliphatic carbocycles. The maximum atomic E-state index is 9.41. The second kappa shape index (κ2) is 4.23. The molecule has 0 aromatic heterocycles. The lowest BCUT2D eigenvalue weighted by Crippen LogP contribution is -2.56. The number of halogens is 1. The summed E-state index contributed by atoms with van der Waals surface area (Å²) in [5.41, 5.74) is -1.27. The van der Waals surface area contributed by atoms with Crippen molar-refractivity contribution in [3.63, 3.8) is 0 Å². The SMILES string of the molecule is Cl.OC[C@@]1(O)CCNC[C@@H]1O. The molecule has 11 heavy (non-hydrogen) atoms. The van der Waals surface area contributed by atoms with Crippen LogP contribution >= 0.6 is 12.4 Å². The second-order valence-corrected chi connectivity index (χ2v) is 2.73. The minimum atomic E-state index is -1.27. The number of β-amino-alcohol motifs (C(OH)–C–C–N with tert-alkyl or cyclic N) is 1. The van der Waals surface area contributed by atoms with E-state index in [-0.39, 0.29) is 19.0 Å². The number of piperidine rings is 1. The first-order valence-corrected chi connectivity index (χ1v) is 3.41. The van der Waals surface area contributed by atoms with Gasteiger partial charge in [0, 0.05) is 6.54 Å². The third-order valence-electron chi connectivity index (χ3n) is 1.97. The van der Waals surface area contributed by atoms with Crippen molar-refractivity contribution in [3.8, 4) is 0 Å². The van der Waals surface area contributed by atoms with Crippen LogP contribution in [0.25, 0.3) is 0 Å². The molecule has 1 rings (SSSR count). The Morgan fingerprint density at radius 3 is 2.55 bits per heavy atom. The Morgan fingerprint density at radius 2 is 2.18 bits per heavy atom. The van der Waals surface area contributed by atoms with E-state index in [4.69, 9.17) is 10.2 Å². The summed E-state index contributed by atoms with van der Waals surface area (Å²) < 4.78 is 0. The fourth-order valence-corrected chi connectivity index (χ4v) is 1.08. The highest BCUT2D eigenvalue weighted by molar-refractivity contribution is 5.85. The molecule has 0 amide bonds. The minimum absolute atomic E-state index is 0. The van der Waals surface area contributed by atoms with Gasteiger partial charge in [0.2, 0.25) is 0 Å². The van der Waals surface area contributed by atoms with Crippen molar-refractivity contribution < 1.29 is 15.3 Å². The Bertz CT molecular complexity index is 124. The normalized spacial score (nSPS) is 37.9. The lowest BCUT2D eigenvalue weighted by atomic mass is 9.91. The standard InChI is InChI=1S/C6H13NO3.ClH/c8-4-6(10)1-2-7-3-5(6)9;/h5,7-10H,1-4H2;1H/t5-,6-;/m0./s1. The summed E-state index contributed by atoms with van der Waals surface area (Å²) in [6.45, 7) is 0.640. The third kappa shape index (κ3) is 2.28. The summed E-state index contributed by atoms with van der Waals surface area (Å²) in [6, 6.07) is 0. The van der Waals surface area contributed by atoms with Crippen LogP contribution in [0.15, 0.2) is 0 Å². The Hall–Kier alpha value is 0.130. The van der Waals surface area contributed by atoms with Crippen molar-refractivity contribution >= 4 is 12.4 Å². The number of hydrogen-bond donors (Lipinski definition) is 4. The highest BCUT2D eigenvalue weighted by Gasteiger charge is 2.36. The molecule has 0 saturated carbocycles. The summed E-state index contributed by atoms with van der Waals surface area (Å²) >= 11 is 0. The molecule has 0 aromatic carbocycles. The largest absolute Gasteiger partial charge is 0.393 e. The third-order valence-corrected chi connectivity index (χ3v) is 1.97. The van der Waals surface area contributed by atoms with E-state index in [1.165, 1.54) is 0 Å². The number of hydrogen-bond acceptors (Lipinski definition) is 4. The first kappa shape index (κ1) is 11.1. The lowest BCUT2D eigenvalue weighted by Gasteiger charge is -2.35.